The van der Waals surface area contributed by atoms with Crippen molar-refractivity contribution >= 4 is 23.4 Å². The molecule has 0 aliphatic carbocycles. The van der Waals surface area contributed by atoms with Crippen molar-refractivity contribution in [2.75, 3.05) is 11.1 Å². The smallest absolute Gasteiger partial charge is 0.234 e. The van der Waals surface area contributed by atoms with Crippen LogP contribution in [0.4, 0.5) is 5.69 Å². The van der Waals surface area contributed by atoms with E-state index in [2.05, 4.69) is 39.6 Å². The van der Waals surface area contributed by atoms with Crippen molar-refractivity contribution in [2.24, 2.45) is 0 Å². The molecule has 0 fully saturated rings. The monoisotopic (exact) mass is 429 g/mol. The minimum Gasteiger partial charge on any atom is -0.325 e. The number of nitrogens with one attached hydrogen (secondary N) is 1. The molecule has 6 nitrogen and oxygen atoms in total. The molecule has 1 amide bonds. The van der Waals surface area contributed by atoms with Crippen LogP contribution < -0.4 is 5.32 Å². The zero-order valence-corrected chi connectivity index (χ0v) is 18.5. The molecule has 0 spiro atoms. The Balaban J connectivity index is 1.58. The van der Waals surface area contributed by atoms with Gasteiger partial charge in [0.05, 0.1) is 5.75 Å². The summed E-state index contributed by atoms with van der Waals surface area (Å²) in [6, 6.07) is 17.8. The van der Waals surface area contributed by atoms with Gasteiger partial charge in [0.25, 0.3) is 0 Å². The van der Waals surface area contributed by atoms with E-state index in [1.54, 1.807) is 12.4 Å². The van der Waals surface area contributed by atoms with Crippen LogP contribution in [0.15, 0.2) is 72.1 Å². The standard InChI is InChI=1S/C24H23N5OS/c1-16-13-17(2)22(18(3)14-16)26-21(30)15-31-24-28-27-23(19-9-11-25-12-10-19)29(24)20-7-5-4-6-8-20/h4-14H,15H2,1-3H3,(H,26,30). The molecule has 0 bridgehead atoms. The van der Waals surface area contributed by atoms with Crippen LogP contribution in [-0.4, -0.2) is 31.4 Å². The maximum Gasteiger partial charge on any atom is 0.234 e. The molecule has 0 radical (unpaired) electrons. The molecule has 0 unspecified atom stereocenters. The number of para-hydroxylation sites is 1. The molecule has 0 atom stereocenters. The van der Waals surface area contributed by atoms with Crippen molar-refractivity contribution in [1.29, 1.82) is 0 Å². The van der Waals surface area contributed by atoms with Gasteiger partial charge in [0, 0.05) is 29.3 Å². The van der Waals surface area contributed by atoms with Crippen LogP contribution in [0.1, 0.15) is 16.7 Å². The average molecular weight is 430 g/mol. The van der Waals surface area contributed by atoms with Crippen molar-refractivity contribution < 1.29 is 4.79 Å². The lowest BCUT2D eigenvalue weighted by Gasteiger charge is -2.13. The highest BCUT2D eigenvalue weighted by Crippen LogP contribution is 2.28. The van der Waals surface area contributed by atoms with Gasteiger partial charge in [-0.1, -0.05) is 47.7 Å². The molecule has 4 aromatic rings. The van der Waals surface area contributed by atoms with Crippen LogP contribution in [0.2, 0.25) is 0 Å². The summed E-state index contributed by atoms with van der Waals surface area (Å²) in [5, 5.41) is 12.5. The summed E-state index contributed by atoms with van der Waals surface area (Å²) in [5.41, 5.74) is 6.02. The van der Waals surface area contributed by atoms with Crippen LogP contribution >= 0.6 is 11.8 Å². The SMILES string of the molecule is Cc1cc(C)c(NC(=O)CSc2nnc(-c3ccncc3)n2-c2ccccc2)c(C)c1. The topological polar surface area (TPSA) is 72.7 Å². The minimum absolute atomic E-state index is 0.0758. The number of aromatic nitrogens is 4. The fraction of sp³-hybridized carbons (Fsp3) is 0.167. The summed E-state index contributed by atoms with van der Waals surface area (Å²) in [6.45, 7) is 6.07. The van der Waals surface area contributed by atoms with Crippen molar-refractivity contribution in [1.82, 2.24) is 19.7 Å². The second-order valence-electron chi connectivity index (χ2n) is 7.32. The maximum absolute atomic E-state index is 12.7. The van der Waals surface area contributed by atoms with E-state index < -0.39 is 0 Å². The van der Waals surface area contributed by atoms with Gasteiger partial charge in [0.1, 0.15) is 0 Å². The Labute approximate surface area is 185 Å². The van der Waals surface area contributed by atoms with Gasteiger partial charge in [-0.25, -0.2) is 0 Å². The highest BCUT2D eigenvalue weighted by molar-refractivity contribution is 7.99. The number of thioether (sulfide) groups is 1. The first-order valence-electron chi connectivity index (χ1n) is 9.94. The molecule has 1 N–H and O–H groups in total. The number of nitrogens with zero attached hydrogens (tertiary/aromatic N) is 4. The van der Waals surface area contributed by atoms with Crippen molar-refractivity contribution in [3.05, 3.63) is 83.7 Å². The molecule has 0 aliphatic heterocycles. The van der Waals surface area contributed by atoms with Crippen LogP contribution in [-0.2, 0) is 4.79 Å². The first kappa shape index (κ1) is 20.8. The number of hydrogen-bond donors (Lipinski definition) is 1. The van der Waals surface area contributed by atoms with E-state index in [0.29, 0.717) is 11.0 Å². The van der Waals surface area contributed by atoms with Gasteiger partial charge in [-0.3, -0.25) is 14.3 Å². The molecule has 0 saturated heterocycles. The van der Waals surface area contributed by atoms with Crippen molar-refractivity contribution in [2.45, 2.75) is 25.9 Å². The van der Waals surface area contributed by atoms with Crippen molar-refractivity contribution in [3.8, 4) is 17.1 Å². The van der Waals surface area contributed by atoms with E-state index in [-0.39, 0.29) is 11.7 Å². The largest absolute Gasteiger partial charge is 0.325 e. The third-order valence-electron chi connectivity index (χ3n) is 4.86. The van der Waals surface area contributed by atoms with Gasteiger partial charge in [-0.05, 0) is 56.2 Å². The molecule has 0 aliphatic rings. The molecule has 2 aromatic heterocycles. The molecule has 31 heavy (non-hydrogen) atoms. The van der Waals surface area contributed by atoms with Crippen molar-refractivity contribution in [3.63, 3.8) is 0 Å². The van der Waals surface area contributed by atoms with Crippen LogP contribution in [0.5, 0.6) is 0 Å². The van der Waals surface area contributed by atoms with E-state index in [0.717, 1.165) is 28.1 Å². The Bertz CT molecular complexity index is 1180. The Hall–Kier alpha value is -3.45. The average Bonchev–Trinajstić information content (AvgIpc) is 3.20. The summed E-state index contributed by atoms with van der Waals surface area (Å²) < 4.78 is 1.97. The predicted octanol–water partition coefficient (Wildman–Crippen LogP) is 4.99. The first-order chi connectivity index (χ1) is 15.0. The van der Waals surface area contributed by atoms with Crippen LogP contribution in [0.25, 0.3) is 17.1 Å². The second-order valence-corrected chi connectivity index (χ2v) is 8.27. The molecule has 0 saturated carbocycles. The lowest BCUT2D eigenvalue weighted by molar-refractivity contribution is -0.113. The number of carbonyl (C=O) groups excluding carboxylic acids is 1. The summed E-state index contributed by atoms with van der Waals surface area (Å²) in [6.07, 6.45) is 3.46. The number of rotatable bonds is 6. The summed E-state index contributed by atoms with van der Waals surface area (Å²) in [7, 11) is 0. The Morgan fingerprint density at radius 2 is 1.65 bits per heavy atom. The normalized spacial score (nSPS) is 10.8. The number of benzene rings is 2. The molecule has 2 heterocycles. The van der Waals surface area contributed by atoms with E-state index >= 15 is 0 Å². The molecule has 156 valence electrons. The quantitative estimate of drug-likeness (QED) is 0.437. The lowest BCUT2D eigenvalue weighted by Crippen LogP contribution is -2.16. The molecular weight excluding hydrogens is 406 g/mol. The number of anilines is 1. The fourth-order valence-electron chi connectivity index (χ4n) is 3.54. The number of pyridine rings is 1. The van der Waals surface area contributed by atoms with Gasteiger partial charge >= 0.3 is 0 Å². The molecule has 7 heteroatoms. The fourth-order valence-corrected chi connectivity index (χ4v) is 4.30. The molecule has 4 rings (SSSR count). The van der Waals surface area contributed by atoms with Gasteiger partial charge in [0.15, 0.2) is 11.0 Å². The predicted molar refractivity (Wildman–Crippen MR) is 125 cm³/mol. The van der Waals surface area contributed by atoms with Gasteiger partial charge in [-0.15, -0.1) is 10.2 Å². The molecular formula is C24H23N5OS. The van der Waals surface area contributed by atoms with Gasteiger partial charge < -0.3 is 5.32 Å². The zero-order valence-electron chi connectivity index (χ0n) is 17.7. The van der Waals surface area contributed by atoms with E-state index in [9.17, 15) is 4.79 Å². The highest BCUT2D eigenvalue weighted by atomic mass is 32.2. The van der Waals surface area contributed by atoms with E-state index in [4.69, 9.17) is 0 Å². The third kappa shape index (κ3) is 4.67. The van der Waals surface area contributed by atoms with Crippen LogP contribution in [0.3, 0.4) is 0 Å². The summed E-state index contributed by atoms with van der Waals surface area (Å²) in [4.78, 5) is 16.8. The summed E-state index contributed by atoms with van der Waals surface area (Å²) in [5.74, 6) is 0.864. The third-order valence-corrected chi connectivity index (χ3v) is 5.79. The Morgan fingerprint density at radius 3 is 2.32 bits per heavy atom. The summed E-state index contributed by atoms with van der Waals surface area (Å²) >= 11 is 1.36. The minimum atomic E-state index is -0.0758. The first-order valence-corrected chi connectivity index (χ1v) is 10.9. The number of aryl methyl sites for hydroxylation is 3. The number of hydrogen-bond acceptors (Lipinski definition) is 5. The Morgan fingerprint density at radius 1 is 0.968 bits per heavy atom. The van der Waals surface area contributed by atoms with E-state index in [1.807, 2.05) is 60.9 Å². The lowest BCUT2D eigenvalue weighted by atomic mass is 10.1. The van der Waals surface area contributed by atoms with Gasteiger partial charge in [0.2, 0.25) is 5.91 Å². The molecule has 2 aromatic carbocycles. The second kappa shape index (κ2) is 9.14. The maximum atomic E-state index is 12.7. The van der Waals surface area contributed by atoms with Gasteiger partial charge in [-0.2, -0.15) is 0 Å². The number of amides is 1. The zero-order chi connectivity index (χ0) is 21.8. The Kier molecular flexibility index (Phi) is 6.13. The van der Waals surface area contributed by atoms with Crippen LogP contribution in [0, 0.1) is 20.8 Å². The highest BCUT2D eigenvalue weighted by Gasteiger charge is 2.17. The number of carbonyl (C=O) groups is 1. The van der Waals surface area contributed by atoms with E-state index in [1.165, 1.54) is 17.3 Å².